The molecule has 0 saturated heterocycles. The molecule has 0 aliphatic rings. The molecule has 7 heteroatoms. The predicted octanol–water partition coefficient (Wildman–Crippen LogP) is 3.35. The van der Waals surface area contributed by atoms with Gasteiger partial charge in [-0.2, -0.15) is 0 Å². The van der Waals surface area contributed by atoms with E-state index < -0.39 is 11.6 Å². The van der Waals surface area contributed by atoms with Crippen LogP contribution in [0.5, 0.6) is 0 Å². The molecule has 1 atom stereocenters. The van der Waals surface area contributed by atoms with Gasteiger partial charge in [0.1, 0.15) is 6.04 Å². The van der Waals surface area contributed by atoms with Gasteiger partial charge in [-0.15, -0.1) is 11.3 Å². The van der Waals surface area contributed by atoms with Gasteiger partial charge in [-0.25, -0.2) is 13.8 Å². The lowest BCUT2D eigenvalue weighted by Crippen LogP contribution is -2.86. The van der Waals surface area contributed by atoms with Crippen molar-refractivity contribution in [2.45, 2.75) is 13.0 Å². The minimum Gasteiger partial charge on any atom is -0.333 e. The number of thiazole rings is 1. The van der Waals surface area contributed by atoms with Crippen LogP contribution in [-0.4, -0.2) is 17.4 Å². The number of nitrogens with two attached hydrogens (primary N) is 1. The molecule has 1 amide bonds. The molecule has 26 heavy (non-hydrogen) atoms. The molecule has 4 nitrogen and oxygen atoms in total. The number of benzene rings is 2. The summed E-state index contributed by atoms with van der Waals surface area (Å²) in [5.41, 5.74) is 2.10. The summed E-state index contributed by atoms with van der Waals surface area (Å²) in [7, 11) is 0. The number of hydrogen-bond donors (Lipinski definition) is 2. The lowest BCUT2D eigenvalue weighted by molar-refractivity contribution is -0.682. The molecule has 1 aromatic heterocycles. The van der Waals surface area contributed by atoms with Gasteiger partial charge in [-0.05, 0) is 25.1 Å². The van der Waals surface area contributed by atoms with Crippen LogP contribution in [0.4, 0.5) is 13.9 Å². The summed E-state index contributed by atoms with van der Waals surface area (Å²) < 4.78 is 26.3. The van der Waals surface area contributed by atoms with E-state index >= 15 is 0 Å². The second-order valence-electron chi connectivity index (χ2n) is 5.85. The van der Waals surface area contributed by atoms with E-state index in [2.05, 4.69) is 10.3 Å². The lowest BCUT2D eigenvalue weighted by atomic mass is 10.1. The summed E-state index contributed by atoms with van der Waals surface area (Å²) in [5.74, 6) is -2.00. The maximum Gasteiger partial charge on any atom is 0.281 e. The number of hydrogen-bond acceptors (Lipinski definition) is 3. The molecule has 3 rings (SSSR count). The number of anilines is 1. The van der Waals surface area contributed by atoms with Crippen LogP contribution in [0.25, 0.3) is 11.3 Å². The highest BCUT2D eigenvalue weighted by Gasteiger charge is 2.13. The van der Waals surface area contributed by atoms with Crippen LogP contribution >= 0.6 is 11.3 Å². The van der Waals surface area contributed by atoms with E-state index in [1.807, 2.05) is 42.6 Å². The molecule has 0 aliphatic heterocycles. The first-order valence-corrected chi connectivity index (χ1v) is 9.00. The summed E-state index contributed by atoms with van der Waals surface area (Å²) in [6.07, 6.45) is 0. The Morgan fingerprint density at radius 1 is 1.19 bits per heavy atom. The first kappa shape index (κ1) is 18.2. The number of halogens is 2. The third-order valence-electron chi connectivity index (χ3n) is 3.95. The van der Waals surface area contributed by atoms with E-state index in [1.54, 1.807) is 5.38 Å². The number of nitrogens with one attached hydrogen (secondary N) is 1. The molecule has 0 fully saturated rings. The Bertz CT molecular complexity index is 899. The Kier molecular flexibility index (Phi) is 5.70. The maximum atomic E-state index is 13.3. The third kappa shape index (κ3) is 4.50. The van der Waals surface area contributed by atoms with E-state index in [0.717, 1.165) is 17.7 Å². The van der Waals surface area contributed by atoms with Crippen LogP contribution in [0.15, 0.2) is 53.9 Å². The minimum absolute atomic E-state index is 0.163. The number of carbonyl (C=O) groups excluding carboxylic acids is 1. The van der Waals surface area contributed by atoms with Gasteiger partial charge in [0.25, 0.3) is 5.91 Å². The maximum absolute atomic E-state index is 13.3. The van der Waals surface area contributed by atoms with Crippen molar-refractivity contribution in [2.75, 3.05) is 11.9 Å². The van der Waals surface area contributed by atoms with E-state index in [-0.39, 0.29) is 18.5 Å². The Morgan fingerprint density at radius 2 is 1.96 bits per heavy atom. The molecule has 0 bridgehead atoms. The summed E-state index contributed by atoms with van der Waals surface area (Å²) in [6.45, 7) is 2.29. The molecule has 3 N–H and O–H groups in total. The van der Waals surface area contributed by atoms with Crippen molar-refractivity contribution in [1.29, 1.82) is 0 Å². The summed E-state index contributed by atoms with van der Waals surface area (Å²) >= 11 is 1.24. The average molecular weight is 374 g/mol. The van der Waals surface area contributed by atoms with Crippen molar-refractivity contribution in [3.63, 3.8) is 0 Å². The molecule has 0 spiro atoms. The van der Waals surface area contributed by atoms with Gasteiger partial charge in [0.2, 0.25) is 0 Å². The second-order valence-corrected chi connectivity index (χ2v) is 6.71. The minimum atomic E-state index is -0.925. The lowest BCUT2D eigenvalue weighted by Gasteiger charge is -2.10. The van der Waals surface area contributed by atoms with Crippen molar-refractivity contribution < 1.29 is 18.9 Å². The molecule has 0 unspecified atom stereocenters. The van der Waals surface area contributed by atoms with Crippen LogP contribution in [0.1, 0.15) is 18.5 Å². The first-order valence-electron chi connectivity index (χ1n) is 8.12. The van der Waals surface area contributed by atoms with Crippen LogP contribution in [0.3, 0.4) is 0 Å². The smallest absolute Gasteiger partial charge is 0.281 e. The molecule has 1 heterocycles. The highest BCUT2D eigenvalue weighted by Crippen LogP contribution is 2.26. The topological polar surface area (TPSA) is 58.6 Å². The van der Waals surface area contributed by atoms with Crippen molar-refractivity contribution in [2.24, 2.45) is 0 Å². The second kappa shape index (κ2) is 8.16. The zero-order valence-electron chi connectivity index (χ0n) is 14.1. The Hall–Kier alpha value is -2.64. The van der Waals surface area contributed by atoms with Gasteiger partial charge in [0, 0.05) is 16.5 Å². The zero-order chi connectivity index (χ0) is 18.5. The Balaban J connectivity index is 1.57. The quantitative estimate of drug-likeness (QED) is 0.695. The number of rotatable bonds is 6. The number of carbonyl (C=O) groups is 1. The molecule has 0 aliphatic carbocycles. The molecule has 0 saturated carbocycles. The van der Waals surface area contributed by atoms with Crippen molar-refractivity contribution >= 4 is 22.4 Å². The number of nitrogens with zero attached hydrogens (tertiary/aromatic N) is 1. The largest absolute Gasteiger partial charge is 0.333 e. The summed E-state index contributed by atoms with van der Waals surface area (Å²) in [6, 6.07) is 13.7. The molecule has 3 aromatic rings. The van der Waals surface area contributed by atoms with Gasteiger partial charge < -0.3 is 5.32 Å². The Morgan fingerprint density at radius 3 is 2.69 bits per heavy atom. The number of amides is 1. The third-order valence-corrected chi connectivity index (χ3v) is 4.71. The molecule has 134 valence electrons. The van der Waals surface area contributed by atoms with E-state index in [9.17, 15) is 13.6 Å². The SMILES string of the molecule is C[C@@H]([NH2+]CC(=O)Nc1nc(-c2ccc(F)c(F)c2)cs1)c1ccccc1. The fourth-order valence-corrected chi connectivity index (χ4v) is 3.20. The molecule has 2 aromatic carbocycles. The normalized spacial score (nSPS) is 12.0. The predicted molar refractivity (Wildman–Crippen MR) is 97.7 cm³/mol. The average Bonchev–Trinajstić information content (AvgIpc) is 3.11. The van der Waals surface area contributed by atoms with E-state index in [4.69, 9.17) is 0 Å². The van der Waals surface area contributed by atoms with Gasteiger partial charge in [-0.1, -0.05) is 30.3 Å². The van der Waals surface area contributed by atoms with E-state index in [1.165, 1.54) is 17.4 Å². The van der Waals surface area contributed by atoms with Crippen molar-refractivity contribution in [3.05, 3.63) is 71.1 Å². The number of quaternary nitrogens is 1. The summed E-state index contributed by atoms with van der Waals surface area (Å²) in [4.78, 5) is 16.4. The van der Waals surface area contributed by atoms with Gasteiger partial charge in [0.15, 0.2) is 23.3 Å². The van der Waals surface area contributed by atoms with Crippen LogP contribution < -0.4 is 10.6 Å². The summed E-state index contributed by atoms with van der Waals surface area (Å²) in [5, 5.41) is 6.79. The van der Waals surface area contributed by atoms with Crippen molar-refractivity contribution in [3.8, 4) is 11.3 Å². The zero-order valence-corrected chi connectivity index (χ0v) is 14.9. The van der Waals surface area contributed by atoms with Crippen LogP contribution in [0.2, 0.25) is 0 Å². The standard InChI is InChI=1S/C19H17F2N3OS/c1-12(13-5-3-2-4-6-13)22-10-18(25)24-19-23-17(11-26-19)14-7-8-15(20)16(21)9-14/h2-9,11-12,22H,10H2,1H3,(H,23,24,25)/p+1/t12-/m1/s1. The van der Waals surface area contributed by atoms with Gasteiger partial charge in [0.05, 0.1) is 5.69 Å². The molecular formula is C19H18F2N3OS+. The highest BCUT2D eigenvalue weighted by atomic mass is 32.1. The molecular weight excluding hydrogens is 356 g/mol. The highest BCUT2D eigenvalue weighted by molar-refractivity contribution is 7.14. The fourth-order valence-electron chi connectivity index (χ4n) is 2.47. The fraction of sp³-hybridized carbons (Fsp3) is 0.158. The first-order chi connectivity index (χ1) is 12.5. The monoisotopic (exact) mass is 374 g/mol. The van der Waals surface area contributed by atoms with Crippen LogP contribution in [-0.2, 0) is 4.79 Å². The Labute approximate surface area is 153 Å². The van der Waals surface area contributed by atoms with Gasteiger partial charge >= 0.3 is 0 Å². The van der Waals surface area contributed by atoms with Crippen molar-refractivity contribution in [1.82, 2.24) is 4.98 Å². The van der Waals surface area contributed by atoms with Gasteiger partial charge in [-0.3, -0.25) is 10.1 Å². The van der Waals surface area contributed by atoms with Crippen LogP contribution in [0, 0.1) is 11.6 Å². The number of aromatic nitrogens is 1. The van der Waals surface area contributed by atoms with E-state index in [0.29, 0.717) is 16.4 Å². The molecule has 0 radical (unpaired) electrons.